The number of nitrogens with one attached hydrogen (secondary N) is 1. The van der Waals surface area contributed by atoms with Crippen molar-refractivity contribution < 1.29 is 28.7 Å². The van der Waals surface area contributed by atoms with Crippen LogP contribution in [0.15, 0.2) is 71.8 Å². The Morgan fingerprint density at radius 2 is 1.81 bits per heavy atom. The number of halogens is 1. The number of hydrazone groups is 1. The van der Waals surface area contributed by atoms with E-state index in [1.165, 1.54) is 31.3 Å². The van der Waals surface area contributed by atoms with Gasteiger partial charge < -0.3 is 14.2 Å². The Hall–Kier alpha value is -4.44. The van der Waals surface area contributed by atoms with E-state index in [1.54, 1.807) is 55.5 Å². The molecule has 0 saturated heterocycles. The zero-order chi connectivity index (χ0) is 26.1. The molecule has 1 N–H and O–H groups in total. The molecule has 0 heterocycles. The van der Waals surface area contributed by atoms with Gasteiger partial charge in [0, 0.05) is 11.1 Å². The van der Waals surface area contributed by atoms with Gasteiger partial charge in [0.1, 0.15) is 0 Å². The molecule has 1 unspecified atom stereocenters. The molecule has 1 atom stereocenters. The third-order valence-corrected chi connectivity index (χ3v) is 4.93. The molecule has 0 radical (unpaired) electrons. The van der Waals surface area contributed by atoms with Crippen molar-refractivity contribution in [2.75, 3.05) is 6.61 Å². The molecule has 0 aliphatic heterocycles. The number of para-hydroxylation sites is 2. The van der Waals surface area contributed by atoms with Crippen LogP contribution in [0.3, 0.4) is 0 Å². The number of esters is 1. The lowest BCUT2D eigenvalue weighted by molar-refractivity contribution is -0.386. The minimum absolute atomic E-state index is 0.0285. The Morgan fingerprint density at radius 1 is 1.08 bits per heavy atom. The molecule has 0 bridgehead atoms. The van der Waals surface area contributed by atoms with Gasteiger partial charge in [0.25, 0.3) is 5.91 Å². The summed E-state index contributed by atoms with van der Waals surface area (Å²) in [5.74, 6) is -0.691. The first kappa shape index (κ1) is 26.2. The van der Waals surface area contributed by atoms with Crippen molar-refractivity contribution >= 4 is 35.4 Å². The number of nitrogens with zero attached hydrogens (tertiary/aromatic N) is 2. The van der Waals surface area contributed by atoms with Crippen LogP contribution >= 0.6 is 11.6 Å². The average Bonchev–Trinajstić information content (AvgIpc) is 2.86. The standard InChI is InChI=1S/C25H22ClN3O7/c1-3-34-23-14-17(8-13-22(23)36-25(31)18-9-11-19(26)12-10-18)15-27-28-24(30)16(2)35-21-7-5-4-6-20(21)29(32)33/h4-16H,3H2,1-2H3,(H,28,30)/b27-15+. The van der Waals surface area contributed by atoms with E-state index in [2.05, 4.69) is 10.5 Å². The number of ether oxygens (including phenoxy) is 3. The maximum atomic E-state index is 12.4. The predicted octanol–water partition coefficient (Wildman–Crippen LogP) is 4.78. The van der Waals surface area contributed by atoms with E-state index in [4.69, 9.17) is 25.8 Å². The topological polar surface area (TPSA) is 129 Å². The number of nitro benzene ring substituents is 1. The van der Waals surface area contributed by atoms with Crippen LogP contribution in [-0.2, 0) is 4.79 Å². The number of hydrogen-bond donors (Lipinski definition) is 1. The molecule has 0 fully saturated rings. The number of nitro groups is 1. The zero-order valence-electron chi connectivity index (χ0n) is 19.3. The van der Waals surface area contributed by atoms with Gasteiger partial charge in [0.05, 0.1) is 23.3 Å². The van der Waals surface area contributed by atoms with Crippen LogP contribution in [0.25, 0.3) is 0 Å². The van der Waals surface area contributed by atoms with Crippen molar-refractivity contribution in [3.63, 3.8) is 0 Å². The van der Waals surface area contributed by atoms with Gasteiger partial charge in [0.15, 0.2) is 23.4 Å². The van der Waals surface area contributed by atoms with Crippen molar-refractivity contribution in [2.45, 2.75) is 20.0 Å². The Morgan fingerprint density at radius 3 is 2.50 bits per heavy atom. The summed E-state index contributed by atoms with van der Waals surface area (Å²) in [5, 5.41) is 15.5. The second kappa shape index (κ2) is 12.3. The number of rotatable bonds is 10. The lowest BCUT2D eigenvalue weighted by Gasteiger charge is -2.13. The zero-order valence-corrected chi connectivity index (χ0v) is 20.1. The van der Waals surface area contributed by atoms with Gasteiger partial charge in [-0.1, -0.05) is 23.7 Å². The number of amides is 1. The highest BCUT2D eigenvalue weighted by Gasteiger charge is 2.20. The molecule has 0 aliphatic carbocycles. The first-order valence-corrected chi connectivity index (χ1v) is 11.1. The Bertz CT molecular complexity index is 1280. The van der Waals surface area contributed by atoms with E-state index >= 15 is 0 Å². The van der Waals surface area contributed by atoms with Crippen molar-refractivity contribution in [1.82, 2.24) is 5.43 Å². The van der Waals surface area contributed by atoms with Gasteiger partial charge >= 0.3 is 11.7 Å². The molecular formula is C25H22ClN3O7. The summed E-state index contributed by atoms with van der Waals surface area (Å²) in [7, 11) is 0. The summed E-state index contributed by atoms with van der Waals surface area (Å²) in [5.41, 5.74) is 2.95. The van der Waals surface area contributed by atoms with Crippen molar-refractivity contribution in [1.29, 1.82) is 0 Å². The summed E-state index contributed by atoms with van der Waals surface area (Å²) < 4.78 is 16.4. The Balaban J connectivity index is 1.64. The van der Waals surface area contributed by atoms with Gasteiger partial charge in [-0.3, -0.25) is 14.9 Å². The fourth-order valence-electron chi connectivity index (χ4n) is 2.92. The summed E-state index contributed by atoms with van der Waals surface area (Å²) in [4.78, 5) is 35.2. The molecule has 0 spiro atoms. The molecule has 0 aromatic heterocycles. The summed E-state index contributed by atoms with van der Waals surface area (Å²) in [6.45, 7) is 3.55. The van der Waals surface area contributed by atoms with E-state index < -0.39 is 22.9 Å². The summed E-state index contributed by atoms with van der Waals surface area (Å²) in [6.07, 6.45) is 0.319. The third kappa shape index (κ3) is 7.03. The fraction of sp³-hybridized carbons (Fsp3) is 0.160. The molecule has 11 heteroatoms. The van der Waals surface area contributed by atoms with Crippen LogP contribution < -0.4 is 19.6 Å². The number of benzene rings is 3. The van der Waals surface area contributed by atoms with Crippen LogP contribution in [0.2, 0.25) is 5.02 Å². The average molecular weight is 512 g/mol. The minimum atomic E-state index is -1.04. The van der Waals surface area contributed by atoms with Crippen molar-refractivity contribution in [3.05, 3.63) is 93.0 Å². The molecule has 10 nitrogen and oxygen atoms in total. The fourth-order valence-corrected chi connectivity index (χ4v) is 3.04. The summed E-state index contributed by atoms with van der Waals surface area (Å²) >= 11 is 5.85. The van der Waals surface area contributed by atoms with Gasteiger partial charge in [-0.05, 0) is 67.9 Å². The van der Waals surface area contributed by atoms with Gasteiger partial charge in [0.2, 0.25) is 0 Å². The first-order chi connectivity index (χ1) is 17.3. The molecule has 0 saturated carbocycles. The van der Waals surface area contributed by atoms with Gasteiger partial charge in [-0.25, -0.2) is 10.2 Å². The number of hydrogen-bond acceptors (Lipinski definition) is 8. The number of carbonyl (C=O) groups is 2. The summed E-state index contributed by atoms with van der Waals surface area (Å²) in [6, 6.07) is 16.8. The molecule has 186 valence electrons. The van der Waals surface area contributed by atoms with Crippen LogP contribution in [0.4, 0.5) is 5.69 Å². The SMILES string of the molecule is CCOc1cc(/C=N/NC(=O)C(C)Oc2ccccc2[N+](=O)[O-])ccc1OC(=O)c1ccc(Cl)cc1. The van der Waals surface area contributed by atoms with E-state index in [0.29, 0.717) is 28.5 Å². The Kier molecular flexibility index (Phi) is 8.95. The monoisotopic (exact) mass is 511 g/mol. The Labute approximate surface area is 211 Å². The predicted molar refractivity (Wildman–Crippen MR) is 133 cm³/mol. The molecule has 3 aromatic rings. The van der Waals surface area contributed by atoms with Crippen LogP contribution in [0.5, 0.6) is 17.2 Å². The maximum absolute atomic E-state index is 12.4. The van der Waals surface area contributed by atoms with E-state index in [9.17, 15) is 19.7 Å². The minimum Gasteiger partial charge on any atom is -0.490 e. The van der Waals surface area contributed by atoms with Crippen LogP contribution in [0.1, 0.15) is 29.8 Å². The number of carbonyl (C=O) groups excluding carboxylic acids is 2. The second-order valence-electron chi connectivity index (χ2n) is 7.25. The van der Waals surface area contributed by atoms with E-state index in [-0.39, 0.29) is 17.2 Å². The molecule has 3 rings (SSSR count). The van der Waals surface area contributed by atoms with Crippen LogP contribution in [-0.4, -0.2) is 35.7 Å². The third-order valence-electron chi connectivity index (χ3n) is 4.67. The maximum Gasteiger partial charge on any atom is 0.343 e. The quantitative estimate of drug-likeness (QED) is 0.136. The van der Waals surface area contributed by atoms with Crippen molar-refractivity contribution in [3.8, 4) is 17.2 Å². The van der Waals surface area contributed by atoms with E-state index in [0.717, 1.165) is 0 Å². The van der Waals surface area contributed by atoms with Crippen LogP contribution in [0, 0.1) is 10.1 Å². The normalized spacial score (nSPS) is 11.5. The molecule has 1 amide bonds. The lowest BCUT2D eigenvalue weighted by Crippen LogP contribution is -2.33. The first-order valence-electron chi connectivity index (χ1n) is 10.8. The lowest BCUT2D eigenvalue weighted by atomic mass is 10.2. The largest absolute Gasteiger partial charge is 0.490 e. The van der Waals surface area contributed by atoms with Gasteiger partial charge in [-0.15, -0.1) is 0 Å². The molecule has 3 aromatic carbocycles. The second-order valence-corrected chi connectivity index (χ2v) is 7.69. The highest BCUT2D eigenvalue weighted by molar-refractivity contribution is 6.30. The highest BCUT2D eigenvalue weighted by atomic mass is 35.5. The molecule has 36 heavy (non-hydrogen) atoms. The van der Waals surface area contributed by atoms with Crippen molar-refractivity contribution in [2.24, 2.45) is 5.10 Å². The highest BCUT2D eigenvalue weighted by Crippen LogP contribution is 2.29. The molecule has 0 aliphatic rings. The van der Waals surface area contributed by atoms with Gasteiger partial charge in [-0.2, -0.15) is 5.10 Å². The van der Waals surface area contributed by atoms with E-state index in [1.807, 2.05) is 0 Å². The molecular weight excluding hydrogens is 490 g/mol. The smallest absolute Gasteiger partial charge is 0.343 e.